The number of amides is 2. The molecule has 0 saturated heterocycles. The molecular formula is C12H21NO4. The van der Waals surface area contributed by atoms with Crippen LogP contribution in [0.25, 0.3) is 0 Å². The molecule has 98 valence electrons. The van der Waals surface area contributed by atoms with Crippen molar-refractivity contribution in [2.24, 2.45) is 0 Å². The van der Waals surface area contributed by atoms with E-state index in [4.69, 9.17) is 0 Å². The van der Waals surface area contributed by atoms with Gasteiger partial charge in [-0.2, -0.15) is 0 Å². The highest BCUT2D eigenvalue weighted by Gasteiger charge is 2.18. The van der Waals surface area contributed by atoms with E-state index in [1.165, 1.54) is 13.8 Å². The molecule has 0 aliphatic carbocycles. The molecule has 17 heavy (non-hydrogen) atoms. The Hall–Kier alpha value is -1.39. The summed E-state index contributed by atoms with van der Waals surface area (Å²) in [6.07, 6.45) is 5.31. The van der Waals surface area contributed by atoms with Crippen LogP contribution in [-0.2, 0) is 19.2 Å². The van der Waals surface area contributed by atoms with Crippen LogP contribution in [0, 0.1) is 0 Å². The number of imide groups is 1. The van der Waals surface area contributed by atoms with Gasteiger partial charge in [-0.05, 0) is 6.42 Å². The molecule has 0 N–H and O–H groups in total. The van der Waals surface area contributed by atoms with Gasteiger partial charge in [0.05, 0.1) is 0 Å². The molecular weight excluding hydrogens is 222 g/mol. The van der Waals surface area contributed by atoms with Crippen LogP contribution in [0.4, 0.5) is 0 Å². The van der Waals surface area contributed by atoms with Gasteiger partial charge in [0, 0.05) is 20.3 Å². The average molecular weight is 243 g/mol. The number of carbonyl (C=O) groups is 3. The Morgan fingerprint density at radius 2 is 1.47 bits per heavy atom. The van der Waals surface area contributed by atoms with Gasteiger partial charge >= 0.3 is 5.97 Å². The first kappa shape index (κ1) is 15.6. The third-order valence-corrected chi connectivity index (χ3v) is 2.25. The minimum Gasteiger partial charge on any atom is -0.330 e. The van der Waals surface area contributed by atoms with Crippen molar-refractivity contribution in [3.05, 3.63) is 0 Å². The van der Waals surface area contributed by atoms with Crippen LogP contribution in [0.5, 0.6) is 0 Å². The van der Waals surface area contributed by atoms with Gasteiger partial charge in [0.1, 0.15) is 0 Å². The molecule has 0 spiro atoms. The molecule has 0 fully saturated rings. The fraction of sp³-hybridized carbons (Fsp3) is 0.750. The molecule has 0 aromatic carbocycles. The normalized spacial score (nSPS) is 9.82. The smallest absolute Gasteiger partial charge is 0.330 e. The maximum Gasteiger partial charge on any atom is 0.333 e. The number of hydroxylamine groups is 2. The predicted octanol–water partition coefficient (Wildman–Crippen LogP) is 2.20. The summed E-state index contributed by atoms with van der Waals surface area (Å²) in [6.45, 7) is 4.47. The summed E-state index contributed by atoms with van der Waals surface area (Å²) in [5.74, 6) is -1.71. The summed E-state index contributed by atoms with van der Waals surface area (Å²) < 4.78 is 0. The molecule has 5 nitrogen and oxygen atoms in total. The highest BCUT2D eigenvalue weighted by molar-refractivity contribution is 5.92. The maximum atomic E-state index is 11.3. The van der Waals surface area contributed by atoms with Crippen LogP contribution in [-0.4, -0.2) is 22.8 Å². The molecule has 0 aromatic rings. The predicted molar refractivity (Wildman–Crippen MR) is 62.7 cm³/mol. The molecule has 0 rings (SSSR count). The van der Waals surface area contributed by atoms with Gasteiger partial charge in [0.15, 0.2) is 0 Å². The topological polar surface area (TPSA) is 63.7 Å². The van der Waals surface area contributed by atoms with E-state index in [9.17, 15) is 14.4 Å². The summed E-state index contributed by atoms with van der Waals surface area (Å²) in [5, 5.41) is 0.494. The van der Waals surface area contributed by atoms with Gasteiger partial charge in [-0.3, -0.25) is 9.59 Å². The largest absolute Gasteiger partial charge is 0.333 e. The zero-order chi connectivity index (χ0) is 13.3. The van der Waals surface area contributed by atoms with Crippen molar-refractivity contribution in [1.82, 2.24) is 5.06 Å². The van der Waals surface area contributed by atoms with Crippen molar-refractivity contribution in [3.8, 4) is 0 Å². The minimum absolute atomic E-state index is 0.237. The summed E-state index contributed by atoms with van der Waals surface area (Å²) in [6, 6.07) is 0. The molecule has 0 atom stereocenters. The van der Waals surface area contributed by atoms with E-state index < -0.39 is 17.8 Å². The molecule has 5 heteroatoms. The SMILES string of the molecule is CCCCCCCC(=O)ON(C(C)=O)C(C)=O. The summed E-state index contributed by atoms with van der Waals surface area (Å²) in [4.78, 5) is 37.9. The molecule has 0 aliphatic heterocycles. The Morgan fingerprint density at radius 1 is 0.941 bits per heavy atom. The van der Waals surface area contributed by atoms with E-state index in [0.717, 1.165) is 32.1 Å². The molecule has 2 amide bonds. The Bertz CT molecular complexity index is 262. The molecule has 0 aliphatic rings. The third kappa shape index (κ3) is 7.49. The van der Waals surface area contributed by atoms with Gasteiger partial charge in [0.25, 0.3) is 11.8 Å². The zero-order valence-electron chi connectivity index (χ0n) is 10.8. The molecule has 0 aromatic heterocycles. The fourth-order valence-corrected chi connectivity index (χ4v) is 1.37. The monoisotopic (exact) mass is 243 g/mol. The molecule has 0 bridgehead atoms. The third-order valence-electron chi connectivity index (χ3n) is 2.25. The number of hydrogen-bond donors (Lipinski definition) is 0. The van der Waals surface area contributed by atoms with Crippen molar-refractivity contribution < 1.29 is 19.2 Å². The van der Waals surface area contributed by atoms with Crippen molar-refractivity contribution in [1.29, 1.82) is 0 Å². The first-order valence-electron chi connectivity index (χ1n) is 6.01. The Labute approximate surface area is 102 Å². The van der Waals surface area contributed by atoms with Crippen LogP contribution < -0.4 is 0 Å². The van der Waals surface area contributed by atoms with Gasteiger partial charge < -0.3 is 4.84 Å². The minimum atomic E-state index is -0.586. The summed E-state index contributed by atoms with van der Waals surface area (Å²) >= 11 is 0. The second-order valence-corrected chi connectivity index (χ2v) is 3.96. The number of rotatable bonds is 6. The van der Waals surface area contributed by atoms with Crippen LogP contribution >= 0.6 is 0 Å². The van der Waals surface area contributed by atoms with E-state index in [2.05, 4.69) is 11.8 Å². The number of nitrogens with zero attached hydrogens (tertiary/aromatic N) is 1. The maximum absolute atomic E-state index is 11.3. The first-order chi connectivity index (χ1) is 7.99. The van der Waals surface area contributed by atoms with Crippen molar-refractivity contribution in [2.75, 3.05) is 0 Å². The van der Waals surface area contributed by atoms with E-state index in [1.54, 1.807) is 0 Å². The lowest BCUT2D eigenvalue weighted by Crippen LogP contribution is -2.35. The second-order valence-electron chi connectivity index (χ2n) is 3.96. The lowest BCUT2D eigenvalue weighted by Gasteiger charge is -2.15. The first-order valence-corrected chi connectivity index (χ1v) is 6.01. The Balaban J connectivity index is 3.83. The lowest BCUT2D eigenvalue weighted by molar-refractivity contribution is -0.200. The fourth-order valence-electron chi connectivity index (χ4n) is 1.37. The molecule has 0 heterocycles. The van der Waals surface area contributed by atoms with E-state index in [1.807, 2.05) is 0 Å². The second kappa shape index (κ2) is 8.73. The van der Waals surface area contributed by atoms with Crippen LogP contribution in [0.3, 0.4) is 0 Å². The van der Waals surface area contributed by atoms with Gasteiger partial charge in [-0.25, -0.2) is 4.79 Å². The lowest BCUT2D eigenvalue weighted by atomic mass is 10.1. The van der Waals surface area contributed by atoms with Gasteiger partial charge in [-0.15, -0.1) is 5.06 Å². The van der Waals surface area contributed by atoms with E-state index >= 15 is 0 Å². The van der Waals surface area contributed by atoms with Gasteiger partial charge in [-0.1, -0.05) is 32.6 Å². The van der Waals surface area contributed by atoms with Crippen molar-refractivity contribution >= 4 is 17.8 Å². The number of unbranched alkanes of at least 4 members (excludes halogenated alkanes) is 4. The van der Waals surface area contributed by atoms with Crippen LogP contribution in [0.15, 0.2) is 0 Å². The van der Waals surface area contributed by atoms with E-state index in [-0.39, 0.29) is 6.42 Å². The quantitative estimate of drug-likeness (QED) is 0.530. The number of hydrogen-bond acceptors (Lipinski definition) is 4. The van der Waals surface area contributed by atoms with Gasteiger partial charge in [0.2, 0.25) is 0 Å². The van der Waals surface area contributed by atoms with Crippen LogP contribution in [0.2, 0.25) is 0 Å². The highest BCUT2D eigenvalue weighted by atomic mass is 16.7. The molecule has 0 radical (unpaired) electrons. The standard InChI is InChI=1S/C12H21NO4/c1-4-5-6-7-8-9-12(16)17-13(10(2)14)11(3)15/h4-9H2,1-3H3. The number of carbonyl (C=O) groups excluding carboxylic acids is 3. The van der Waals surface area contributed by atoms with Crippen molar-refractivity contribution in [3.63, 3.8) is 0 Å². The Kier molecular flexibility index (Phi) is 8.01. The molecule has 0 unspecified atom stereocenters. The zero-order valence-corrected chi connectivity index (χ0v) is 10.8. The van der Waals surface area contributed by atoms with Crippen molar-refractivity contribution in [2.45, 2.75) is 59.3 Å². The Morgan fingerprint density at radius 3 is 1.94 bits per heavy atom. The average Bonchev–Trinajstić information content (AvgIpc) is 2.24. The summed E-state index contributed by atoms with van der Waals surface area (Å²) in [7, 11) is 0. The highest BCUT2D eigenvalue weighted by Crippen LogP contribution is 2.06. The van der Waals surface area contributed by atoms with E-state index in [0.29, 0.717) is 5.06 Å². The molecule has 0 saturated carbocycles. The summed E-state index contributed by atoms with van der Waals surface area (Å²) in [5.41, 5.74) is 0. The van der Waals surface area contributed by atoms with Crippen LogP contribution in [0.1, 0.15) is 59.3 Å².